The van der Waals surface area contributed by atoms with Crippen molar-refractivity contribution in [2.75, 3.05) is 20.3 Å². The van der Waals surface area contributed by atoms with Crippen molar-refractivity contribution in [2.45, 2.75) is 50.5 Å². The van der Waals surface area contributed by atoms with E-state index in [2.05, 4.69) is 6.58 Å². The van der Waals surface area contributed by atoms with Crippen LogP contribution in [0.25, 0.3) is 0 Å². The average Bonchev–Trinajstić information content (AvgIpc) is 2.74. The number of methoxy groups -OCH3 is 1. The first-order chi connectivity index (χ1) is 13.6. The number of hydrogen-bond acceptors (Lipinski definition) is 3. The lowest BCUT2D eigenvalue weighted by molar-refractivity contribution is -0.000182. The highest BCUT2D eigenvalue weighted by Gasteiger charge is 2.24. The Labute approximate surface area is 165 Å². The Kier molecular flexibility index (Phi) is 7.26. The minimum Gasteiger partial charge on any atom is -0.498 e. The molecule has 0 saturated carbocycles. The van der Waals surface area contributed by atoms with Crippen molar-refractivity contribution in [3.8, 4) is 5.75 Å². The van der Waals surface area contributed by atoms with Crippen molar-refractivity contribution in [3.05, 3.63) is 65.5 Å². The SMILES string of the molecule is C=CCCC1CCC(c2ccc(OCC3=C(F)C(F)=C(OC)CC3)cc2)CO1. The van der Waals surface area contributed by atoms with Crippen LogP contribution in [0.3, 0.4) is 0 Å². The van der Waals surface area contributed by atoms with Gasteiger partial charge in [0.2, 0.25) is 0 Å². The van der Waals surface area contributed by atoms with Gasteiger partial charge in [-0.05, 0) is 49.8 Å². The fourth-order valence-corrected chi connectivity index (χ4v) is 3.70. The summed E-state index contributed by atoms with van der Waals surface area (Å²) in [6.07, 6.45) is 7.21. The molecule has 1 aromatic rings. The summed E-state index contributed by atoms with van der Waals surface area (Å²) < 4.78 is 44.4. The molecule has 1 aliphatic heterocycles. The first kappa shape index (κ1) is 20.6. The molecule has 0 N–H and O–H groups in total. The molecule has 3 nitrogen and oxygen atoms in total. The van der Waals surface area contributed by atoms with Crippen LogP contribution in [0, 0.1) is 0 Å². The van der Waals surface area contributed by atoms with Crippen molar-refractivity contribution in [3.63, 3.8) is 0 Å². The highest BCUT2D eigenvalue weighted by Crippen LogP contribution is 2.33. The Balaban J connectivity index is 1.52. The standard InChI is InChI=1S/C23H28F2O3/c1-3-4-5-19-12-8-17(14-27-19)16-6-10-20(11-7-16)28-15-18-9-13-21(26-2)23(25)22(18)24/h3,6-7,10-11,17,19H,1,4-5,8-9,12-15H2,2H3. The number of benzene rings is 1. The van der Waals surface area contributed by atoms with E-state index in [1.165, 1.54) is 12.7 Å². The number of allylic oxidation sites excluding steroid dienone is 4. The number of ether oxygens (including phenoxy) is 3. The summed E-state index contributed by atoms with van der Waals surface area (Å²) in [5, 5.41) is 0. The van der Waals surface area contributed by atoms with Gasteiger partial charge in [-0.3, -0.25) is 0 Å². The maximum absolute atomic E-state index is 14.1. The smallest absolute Gasteiger partial charge is 0.196 e. The van der Waals surface area contributed by atoms with Crippen LogP contribution >= 0.6 is 0 Å². The van der Waals surface area contributed by atoms with E-state index in [4.69, 9.17) is 14.2 Å². The number of hydrogen-bond donors (Lipinski definition) is 0. The van der Waals surface area contributed by atoms with E-state index in [1.807, 2.05) is 30.3 Å². The molecule has 1 saturated heterocycles. The zero-order valence-electron chi connectivity index (χ0n) is 16.4. The van der Waals surface area contributed by atoms with Crippen LogP contribution in [-0.4, -0.2) is 26.4 Å². The Morgan fingerprint density at radius 3 is 2.57 bits per heavy atom. The van der Waals surface area contributed by atoms with Crippen LogP contribution < -0.4 is 4.74 Å². The molecule has 2 atom stereocenters. The van der Waals surface area contributed by atoms with Gasteiger partial charge in [-0.2, -0.15) is 0 Å². The summed E-state index contributed by atoms with van der Waals surface area (Å²) in [7, 11) is 1.35. The predicted octanol–water partition coefficient (Wildman–Crippen LogP) is 6.14. The number of rotatable bonds is 8. The van der Waals surface area contributed by atoms with Gasteiger partial charge >= 0.3 is 0 Å². The van der Waals surface area contributed by atoms with Crippen LogP contribution in [0.2, 0.25) is 0 Å². The van der Waals surface area contributed by atoms with Gasteiger partial charge in [0.1, 0.15) is 18.1 Å². The van der Waals surface area contributed by atoms with E-state index >= 15 is 0 Å². The summed E-state index contributed by atoms with van der Waals surface area (Å²) in [6.45, 7) is 4.52. The lowest BCUT2D eigenvalue weighted by atomic mass is 9.90. The summed E-state index contributed by atoms with van der Waals surface area (Å²) >= 11 is 0. The molecule has 0 radical (unpaired) electrons. The van der Waals surface area contributed by atoms with E-state index in [9.17, 15) is 8.78 Å². The van der Waals surface area contributed by atoms with E-state index in [0.717, 1.165) is 32.3 Å². The molecule has 2 aliphatic rings. The summed E-state index contributed by atoms with van der Waals surface area (Å²) in [4.78, 5) is 0. The van der Waals surface area contributed by atoms with Gasteiger partial charge in [-0.15, -0.1) is 6.58 Å². The van der Waals surface area contributed by atoms with Crippen molar-refractivity contribution in [2.24, 2.45) is 0 Å². The molecule has 5 heteroatoms. The molecule has 1 heterocycles. The highest BCUT2D eigenvalue weighted by atomic mass is 19.2. The molecule has 1 aromatic carbocycles. The fraction of sp³-hybridized carbons (Fsp3) is 0.478. The van der Waals surface area contributed by atoms with Crippen LogP contribution in [0.15, 0.2) is 59.9 Å². The highest BCUT2D eigenvalue weighted by molar-refractivity contribution is 5.34. The maximum atomic E-state index is 14.1. The van der Waals surface area contributed by atoms with E-state index < -0.39 is 11.7 Å². The van der Waals surface area contributed by atoms with Crippen molar-refractivity contribution in [1.82, 2.24) is 0 Å². The van der Waals surface area contributed by atoms with Crippen molar-refractivity contribution in [1.29, 1.82) is 0 Å². The summed E-state index contributed by atoms with van der Waals surface area (Å²) in [6, 6.07) is 7.82. The van der Waals surface area contributed by atoms with Gasteiger partial charge in [0, 0.05) is 17.9 Å². The monoisotopic (exact) mass is 390 g/mol. The van der Waals surface area contributed by atoms with Crippen molar-refractivity contribution >= 4 is 0 Å². The first-order valence-corrected chi connectivity index (χ1v) is 9.88. The largest absolute Gasteiger partial charge is 0.498 e. The third kappa shape index (κ3) is 5.02. The molecule has 28 heavy (non-hydrogen) atoms. The van der Waals surface area contributed by atoms with Gasteiger partial charge in [0.05, 0.1) is 19.8 Å². The minimum atomic E-state index is -0.911. The topological polar surface area (TPSA) is 27.7 Å². The third-order valence-corrected chi connectivity index (χ3v) is 5.48. The summed E-state index contributed by atoms with van der Waals surface area (Å²) in [5.41, 5.74) is 1.55. The second-order valence-electron chi connectivity index (χ2n) is 7.31. The molecular formula is C23H28F2O3. The first-order valence-electron chi connectivity index (χ1n) is 9.88. The van der Waals surface area contributed by atoms with Crippen LogP contribution in [0.4, 0.5) is 8.78 Å². The minimum absolute atomic E-state index is 0.0348. The molecule has 3 rings (SSSR count). The van der Waals surface area contributed by atoms with Crippen LogP contribution in [0.5, 0.6) is 5.75 Å². The average molecular weight is 390 g/mol. The Hall–Kier alpha value is -2.14. The van der Waals surface area contributed by atoms with Gasteiger partial charge in [-0.1, -0.05) is 18.2 Å². The quantitative estimate of drug-likeness (QED) is 0.499. The molecule has 0 spiro atoms. The van der Waals surface area contributed by atoms with Crippen LogP contribution in [0.1, 0.15) is 50.0 Å². The lowest BCUT2D eigenvalue weighted by Gasteiger charge is -2.29. The van der Waals surface area contributed by atoms with Gasteiger partial charge < -0.3 is 14.2 Å². The zero-order valence-corrected chi connectivity index (χ0v) is 16.4. The second kappa shape index (κ2) is 9.87. The summed E-state index contributed by atoms with van der Waals surface area (Å²) in [5.74, 6) is -0.672. The maximum Gasteiger partial charge on any atom is 0.196 e. The van der Waals surface area contributed by atoms with E-state index in [0.29, 0.717) is 36.2 Å². The molecule has 1 aliphatic carbocycles. The predicted molar refractivity (Wildman–Crippen MR) is 106 cm³/mol. The van der Waals surface area contributed by atoms with Gasteiger partial charge in [0.25, 0.3) is 0 Å². The van der Waals surface area contributed by atoms with E-state index in [-0.39, 0.29) is 12.4 Å². The Morgan fingerprint density at radius 1 is 1.14 bits per heavy atom. The molecule has 2 unspecified atom stereocenters. The number of halogens is 2. The Bertz CT molecular complexity index is 729. The normalized spacial score (nSPS) is 23.0. The van der Waals surface area contributed by atoms with Gasteiger partial charge in [0.15, 0.2) is 11.7 Å². The molecule has 152 valence electrons. The van der Waals surface area contributed by atoms with Gasteiger partial charge in [-0.25, -0.2) is 8.78 Å². The molecular weight excluding hydrogens is 362 g/mol. The molecule has 0 amide bonds. The third-order valence-electron chi connectivity index (χ3n) is 5.48. The van der Waals surface area contributed by atoms with E-state index in [1.54, 1.807) is 0 Å². The zero-order chi connectivity index (χ0) is 19.9. The lowest BCUT2D eigenvalue weighted by Crippen LogP contribution is -2.24. The van der Waals surface area contributed by atoms with Crippen molar-refractivity contribution < 1.29 is 23.0 Å². The Morgan fingerprint density at radius 2 is 1.93 bits per heavy atom. The second-order valence-corrected chi connectivity index (χ2v) is 7.31. The molecule has 1 fully saturated rings. The fourth-order valence-electron chi connectivity index (χ4n) is 3.70. The van der Waals surface area contributed by atoms with Crippen LogP contribution in [-0.2, 0) is 9.47 Å². The molecule has 0 bridgehead atoms. The molecule has 0 aromatic heterocycles.